The minimum atomic E-state index is -0.551. The largest absolute Gasteiger partial charge is 0.376 e. The van der Waals surface area contributed by atoms with Gasteiger partial charge in [-0.1, -0.05) is 37.9 Å². The molecule has 0 aliphatic heterocycles. The first-order valence-electron chi connectivity index (χ1n) is 6.04. The molecule has 0 bridgehead atoms. The van der Waals surface area contributed by atoms with Crippen LogP contribution < -0.4 is 5.32 Å². The molecule has 1 atom stereocenters. The Kier molecular flexibility index (Phi) is 4.95. The number of anilines is 1. The summed E-state index contributed by atoms with van der Waals surface area (Å²) in [6.07, 6.45) is 0. The Balaban J connectivity index is 2.28. The van der Waals surface area contributed by atoms with Crippen molar-refractivity contribution in [3.63, 3.8) is 0 Å². The molecule has 2 aromatic carbocycles. The number of nitrogens with zero attached hydrogens (tertiary/aromatic N) is 1. The first-order chi connectivity index (χ1) is 9.88. The van der Waals surface area contributed by atoms with Crippen molar-refractivity contribution in [3.8, 4) is 0 Å². The van der Waals surface area contributed by atoms with E-state index < -0.39 is 10.7 Å². The third kappa shape index (κ3) is 3.79. The fourth-order valence-corrected chi connectivity index (χ4v) is 3.29. The van der Waals surface area contributed by atoms with Crippen molar-refractivity contribution < 1.29 is 9.31 Å². The van der Waals surface area contributed by atoms with Gasteiger partial charge in [-0.15, -0.1) is 0 Å². The number of nitro benzene ring substituents is 1. The van der Waals surface area contributed by atoms with Crippen LogP contribution in [0, 0.1) is 15.9 Å². The van der Waals surface area contributed by atoms with Gasteiger partial charge >= 0.3 is 0 Å². The van der Waals surface area contributed by atoms with Crippen molar-refractivity contribution in [2.45, 2.75) is 13.0 Å². The normalized spacial score (nSPS) is 12.0. The van der Waals surface area contributed by atoms with E-state index in [9.17, 15) is 14.5 Å². The first-order valence-corrected chi connectivity index (χ1v) is 7.62. The summed E-state index contributed by atoms with van der Waals surface area (Å²) in [5.41, 5.74) is 0.872. The van der Waals surface area contributed by atoms with E-state index in [1.54, 1.807) is 0 Å². The van der Waals surface area contributed by atoms with Crippen molar-refractivity contribution in [1.82, 2.24) is 0 Å². The molecular weight excluding hydrogens is 407 g/mol. The van der Waals surface area contributed by atoms with Crippen molar-refractivity contribution in [2.75, 3.05) is 5.32 Å². The molecule has 0 heterocycles. The minimum Gasteiger partial charge on any atom is -0.376 e. The van der Waals surface area contributed by atoms with E-state index in [0.717, 1.165) is 26.6 Å². The molecule has 1 N–H and O–H groups in total. The van der Waals surface area contributed by atoms with Crippen LogP contribution in [0.4, 0.5) is 15.8 Å². The highest BCUT2D eigenvalue weighted by atomic mass is 79.9. The first kappa shape index (κ1) is 15.9. The summed E-state index contributed by atoms with van der Waals surface area (Å²) in [6.45, 7) is 1.85. The molecule has 0 aromatic heterocycles. The van der Waals surface area contributed by atoms with Gasteiger partial charge in [0, 0.05) is 27.1 Å². The lowest BCUT2D eigenvalue weighted by molar-refractivity contribution is -0.384. The summed E-state index contributed by atoms with van der Waals surface area (Å²) >= 11 is 6.81. The lowest BCUT2D eigenvalue weighted by Gasteiger charge is -2.17. The predicted octanol–water partition coefficient (Wildman–Crippen LogP) is 5.43. The molecule has 0 amide bonds. The molecule has 0 radical (unpaired) electrons. The second kappa shape index (κ2) is 6.53. The smallest absolute Gasteiger partial charge is 0.271 e. The summed E-state index contributed by atoms with van der Waals surface area (Å²) in [4.78, 5) is 10.2. The van der Waals surface area contributed by atoms with Crippen LogP contribution in [0.3, 0.4) is 0 Å². The molecule has 21 heavy (non-hydrogen) atoms. The van der Waals surface area contributed by atoms with Crippen molar-refractivity contribution >= 4 is 43.2 Å². The standard InChI is InChI=1S/C14H11Br2FN2O2/c1-8(11-4-2-9(15)6-12(11)16)18-14-7-10(19(20)21)3-5-13(14)17/h2-8,18H,1H3. The van der Waals surface area contributed by atoms with Crippen LogP contribution in [0.5, 0.6) is 0 Å². The maximum Gasteiger partial charge on any atom is 0.271 e. The van der Waals surface area contributed by atoms with Gasteiger partial charge in [0.1, 0.15) is 5.82 Å². The van der Waals surface area contributed by atoms with E-state index >= 15 is 0 Å². The van der Waals surface area contributed by atoms with Gasteiger partial charge in [-0.3, -0.25) is 10.1 Å². The number of halogens is 3. The third-order valence-corrected chi connectivity index (χ3v) is 4.14. The van der Waals surface area contributed by atoms with E-state index in [1.165, 1.54) is 6.07 Å². The number of nitro groups is 1. The molecule has 1 unspecified atom stereocenters. The van der Waals surface area contributed by atoms with Gasteiger partial charge in [-0.05, 0) is 30.7 Å². The molecular formula is C14H11Br2FN2O2. The van der Waals surface area contributed by atoms with Gasteiger partial charge in [-0.25, -0.2) is 4.39 Å². The molecule has 110 valence electrons. The molecule has 2 aromatic rings. The molecule has 0 saturated carbocycles. The number of nitrogens with one attached hydrogen (secondary N) is 1. The van der Waals surface area contributed by atoms with Gasteiger partial charge < -0.3 is 5.32 Å². The molecule has 2 rings (SSSR count). The average molecular weight is 418 g/mol. The Labute approximate surface area is 137 Å². The summed E-state index contributed by atoms with van der Waals surface area (Å²) in [5, 5.41) is 13.7. The van der Waals surface area contributed by atoms with Crippen LogP contribution in [0.2, 0.25) is 0 Å². The highest BCUT2D eigenvalue weighted by Gasteiger charge is 2.15. The number of benzene rings is 2. The number of non-ortho nitro benzene ring substituents is 1. The second-order valence-electron chi connectivity index (χ2n) is 4.45. The van der Waals surface area contributed by atoms with Gasteiger partial charge in [0.25, 0.3) is 5.69 Å². The van der Waals surface area contributed by atoms with E-state index in [0.29, 0.717) is 0 Å². The summed E-state index contributed by atoms with van der Waals surface area (Å²) in [5.74, 6) is -0.527. The molecule has 0 aliphatic carbocycles. The Morgan fingerprint density at radius 2 is 1.95 bits per heavy atom. The second-order valence-corrected chi connectivity index (χ2v) is 6.22. The monoisotopic (exact) mass is 416 g/mol. The Hall–Kier alpha value is -1.47. The topological polar surface area (TPSA) is 55.2 Å². The quantitative estimate of drug-likeness (QED) is 0.532. The zero-order chi connectivity index (χ0) is 15.6. The molecule has 0 spiro atoms. The maximum absolute atomic E-state index is 13.8. The number of rotatable bonds is 4. The zero-order valence-corrected chi connectivity index (χ0v) is 14.1. The summed E-state index contributed by atoms with van der Waals surface area (Å²) in [6, 6.07) is 8.85. The summed E-state index contributed by atoms with van der Waals surface area (Å²) < 4.78 is 15.6. The maximum atomic E-state index is 13.8. The number of hydrogen-bond acceptors (Lipinski definition) is 3. The molecule has 0 fully saturated rings. The van der Waals surface area contributed by atoms with Gasteiger partial charge in [0.15, 0.2) is 0 Å². The predicted molar refractivity (Wildman–Crippen MR) is 86.9 cm³/mol. The van der Waals surface area contributed by atoms with E-state index in [1.807, 2.05) is 25.1 Å². The Bertz CT molecular complexity index is 695. The molecule has 7 heteroatoms. The highest BCUT2D eigenvalue weighted by molar-refractivity contribution is 9.11. The van der Waals surface area contributed by atoms with Crippen molar-refractivity contribution in [2.24, 2.45) is 0 Å². The van der Waals surface area contributed by atoms with Gasteiger partial charge in [0.2, 0.25) is 0 Å². The van der Waals surface area contributed by atoms with Crippen LogP contribution in [0.15, 0.2) is 45.3 Å². The highest BCUT2D eigenvalue weighted by Crippen LogP contribution is 2.30. The van der Waals surface area contributed by atoms with E-state index in [4.69, 9.17) is 0 Å². The van der Waals surface area contributed by atoms with Crippen molar-refractivity contribution in [1.29, 1.82) is 0 Å². The molecule has 0 aliphatic rings. The SMILES string of the molecule is CC(Nc1cc([N+](=O)[O-])ccc1F)c1ccc(Br)cc1Br. The number of hydrogen-bond donors (Lipinski definition) is 1. The lowest BCUT2D eigenvalue weighted by atomic mass is 10.1. The van der Waals surface area contributed by atoms with Gasteiger partial charge in [0.05, 0.1) is 10.6 Å². The molecule has 4 nitrogen and oxygen atoms in total. The third-order valence-electron chi connectivity index (χ3n) is 2.96. The van der Waals surface area contributed by atoms with E-state index in [2.05, 4.69) is 37.2 Å². The van der Waals surface area contributed by atoms with E-state index in [-0.39, 0.29) is 17.4 Å². The van der Waals surface area contributed by atoms with Crippen LogP contribution in [0.1, 0.15) is 18.5 Å². The van der Waals surface area contributed by atoms with Crippen LogP contribution >= 0.6 is 31.9 Å². The molecule has 0 saturated heterocycles. The fraction of sp³-hybridized carbons (Fsp3) is 0.143. The van der Waals surface area contributed by atoms with Crippen LogP contribution in [-0.4, -0.2) is 4.92 Å². The average Bonchev–Trinajstić information content (AvgIpc) is 2.40. The fourth-order valence-electron chi connectivity index (χ4n) is 1.90. The van der Waals surface area contributed by atoms with Crippen LogP contribution in [0.25, 0.3) is 0 Å². The van der Waals surface area contributed by atoms with Crippen molar-refractivity contribution in [3.05, 3.63) is 66.8 Å². The summed E-state index contributed by atoms with van der Waals surface area (Å²) in [7, 11) is 0. The Morgan fingerprint density at radius 3 is 2.57 bits per heavy atom. The zero-order valence-electron chi connectivity index (χ0n) is 10.9. The Morgan fingerprint density at radius 1 is 1.24 bits per heavy atom. The lowest BCUT2D eigenvalue weighted by Crippen LogP contribution is -2.09. The minimum absolute atomic E-state index is 0.103. The van der Waals surface area contributed by atoms with Gasteiger partial charge in [-0.2, -0.15) is 0 Å². The van der Waals surface area contributed by atoms with Crippen LogP contribution in [-0.2, 0) is 0 Å².